The van der Waals surface area contributed by atoms with E-state index in [1.165, 1.54) is 0 Å². The number of hydrogen-bond donors (Lipinski definition) is 0. The molecule has 3 nitrogen and oxygen atoms in total. The summed E-state index contributed by atoms with van der Waals surface area (Å²) in [5.41, 5.74) is 3.09. The van der Waals surface area contributed by atoms with E-state index >= 15 is 0 Å². The zero-order valence-corrected chi connectivity index (χ0v) is 15.2. The minimum atomic E-state index is -0.455. The molecule has 1 saturated heterocycles. The second kappa shape index (κ2) is 7.32. The number of amides is 1. The molecule has 0 saturated carbocycles. The van der Waals surface area contributed by atoms with Gasteiger partial charge in [0.15, 0.2) is 6.10 Å². The van der Waals surface area contributed by atoms with Gasteiger partial charge in [-0.05, 0) is 24.1 Å². The molecule has 1 heterocycles. The Bertz CT molecular complexity index is 744. The molecule has 4 heteroatoms. The molecule has 0 bridgehead atoms. The highest BCUT2D eigenvalue weighted by molar-refractivity contribution is 9.10. The summed E-state index contributed by atoms with van der Waals surface area (Å²) in [6.45, 7) is 6.85. The van der Waals surface area contributed by atoms with Crippen LogP contribution in [0.4, 0.5) is 0 Å². The average molecular weight is 386 g/mol. The average Bonchev–Trinajstić information content (AvgIpc) is 2.58. The fourth-order valence-corrected chi connectivity index (χ4v) is 3.47. The van der Waals surface area contributed by atoms with Crippen LogP contribution in [0, 0.1) is 0 Å². The van der Waals surface area contributed by atoms with E-state index in [2.05, 4.69) is 22.5 Å². The topological polar surface area (TPSA) is 29.5 Å². The summed E-state index contributed by atoms with van der Waals surface area (Å²) in [6.07, 6.45) is -0.455. The molecule has 0 spiro atoms. The molecular weight excluding hydrogens is 366 g/mol. The molecule has 1 aliphatic heterocycles. The maximum absolute atomic E-state index is 12.6. The summed E-state index contributed by atoms with van der Waals surface area (Å²) < 4.78 is 6.96. The van der Waals surface area contributed by atoms with Crippen LogP contribution in [0.25, 0.3) is 0 Å². The van der Waals surface area contributed by atoms with Crippen LogP contribution in [0.1, 0.15) is 24.1 Å². The Kier molecular flexibility index (Phi) is 5.17. The van der Waals surface area contributed by atoms with E-state index in [9.17, 15) is 4.79 Å². The fourth-order valence-electron chi connectivity index (χ4n) is 2.95. The first-order valence-electron chi connectivity index (χ1n) is 7.92. The van der Waals surface area contributed by atoms with E-state index < -0.39 is 6.10 Å². The van der Waals surface area contributed by atoms with E-state index in [-0.39, 0.29) is 11.9 Å². The lowest BCUT2D eigenvalue weighted by atomic mass is 9.90. The Morgan fingerprint density at radius 3 is 2.50 bits per heavy atom. The molecule has 0 radical (unpaired) electrons. The van der Waals surface area contributed by atoms with Crippen molar-refractivity contribution in [1.29, 1.82) is 0 Å². The van der Waals surface area contributed by atoms with Crippen molar-refractivity contribution in [3.8, 4) is 0 Å². The third kappa shape index (κ3) is 3.45. The molecule has 0 unspecified atom stereocenters. The Morgan fingerprint density at radius 1 is 1.17 bits per heavy atom. The SMILES string of the molecule is C=C(C)CN1C(=O)[C@@H](OCc2ccccc2)[C@H]1c1ccccc1Br. The van der Waals surface area contributed by atoms with Gasteiger partial charge >= 0.3 is 0 Å². The van der Waals surface area contributed by atoms with Crippen LogP contribution in [0.3, 0.4) is 0 Å². The molecule has 0 N–H and O–H groups in total. The van der Waals surface area contributed by atoms with Crippen molar-refractivity contribution in [2.75, 3.05) is 6.54 Å². The quantitative estimate of drug-likeness (QED) is 0.541. The van der Waals surface area contributed by atoms with Crippen molar-refractivity contribution < 1.29 is 9.53 Å². The summed E-state index contributed by atoms with van der Waals surface area (Å²) in [5.74, 6) is 0.0229. The van der Waals surface area contributed by atoms with Gasteiger partial charge < -0.3 is 9.64 Å². The number of nitrogens with zero attached hydrogens (tertiary/aromatic N) is 1. The number of rotatable bonds is 6. The van der Waals surface area contributed by atoms with Crippen LogP contribution in [0.2, 0.25) is 0 Å². The van der Waals surface area contributed by atoms with Crippen molar-refractivity contribution in [3.63, 3.8) is 0 Å². The van der Waals surface area contributed by atoms with Crippen LogP contribution >= 0.6 is 15.9 Å². The van der Waals surface area contributed by atoms with Gasteiger partial charge in [0, 0.05) is 11.0 Å². The van der Waals surface area contributed by atoms with Crippen LogP contribution in [0.15, 0.2) is 71.2 Å². The van der Waals surface area contributed by atoms with Crippen LogP contribution in [-0.4, -0.2) is 23.5 Å². The first kappa shape index (κ1) is 16.9. The molecule has 1 amide bonds. The van der Waals surface area contributed by atoms with Crippen molar-refractivity contribution >= 4 is 21.8 Å². The largest absolute Gasteiger partial charge is 0.361 e. The van der Waals surface area contributed by atoms with Crippen molar-refractivity contribution in [2.24, 2.45) is 0 Å². The van der Waals surface area contributed by atoms with Crippen molar-refractivity contribution in [2.45, 2.75) is 25.7 Å². The van der Waals surface area contributed by atoms with Gasteiger partial charge in [0.2, 0.25) is 0 Å². The summed E-state index contributed by atoms with van der Waals surface area (Å²) in [5, 5.41) is 0. The lowest BCUT2D eigenvalue weighted by Gasteiger charge is -2.47. The second-order valence-electron chi connectivity index (χ2n) is 6.11. The van der Waals surface area contributed by atoms with Gasteiger partial charge in [0.05, 0.1) is 12.6 Å². The maximum atomic E-state index is 12.6. The van der Waals surface area contributed by atoms with Gasteiger partial charge in [-0.1, -0.05) is 76.6 Å². The normalized spacial score (nSPS) is 19.9. The van der Waals surface area contributed by atoms with E-state index in [1.54, 1.807) is 0 Å². The van der Waals surface area contributed by atoms with E-state index in [4.69, 9.17) is 4.74 Å². The summed E-state index contributed by atoms with van der Waals surface area (Å²) in [6, 6.07) is 17.8. The first-order valence-corrected chi connectivity index (χ1v) is 8.72. The number of likely N-dealkylation sites (tertiary alicyclic amines) is 1. The molecule has 124 valence electrons. The Hall–Kier alpha value is -1.91. The first-order chi connectivity index (χ1) is 11.6. The van der Waals surface area contributed by atoms with Gasteiger partial charge in [-0.15, -0.1) is 0 Å². The monoisotopic (exact) mass is 385 g/mol. The molecule has 3 rings (SSSR count). The minimum Gasteiger partial charge on any atom is -0.361 e. The standard InChI is InChI=1S/C20H20BrNO2/c1-14(2)12-22-18(16-10-6-7-11-17(16)21)19(20(22)23)24-13-15-8-4-3-5-9-15/h3-11,18-19H,1,12-13H2,2H3/t18-,19+/m1/s1. The van der Waals surface area contributed by atoms with E-state index in [1.807, 2.05) is 66.4 Å². The van der Waals surface area contributed by atoms with Gasteiger partial charge in [-0.2, -0.15) is 0 Å². The van der Waals surface area contributed by atoms with Gasteiger partial charge in [0.25, 0.3) is 5.91 Å². The molecule has 2 aromatic carbocycles. The Morgan fingerprint density at radius 2 is 1.83 bits per heavy atom. The third-order valence-corrected chi connectivity index (χ3v) is 4.81. The molecule has 0 aromatic heterocycles. The molecule has 1 aliphatic rings. The number of benzene rings is 2. The van der Waals surface area contributed by atoms with Crippen LogP contribution in [-0.2, 0) is 16.1 Å². The number of carbonyl (C=O) groups is 1. The van der Waals surface area contributed by atoms with Gasteiger partial charge in [0.1, 0.15) is 0 Å². The highest BCUT2D eigenvalue weighted by atomic mass is 79.9. The zero-order valence-electron chi connectivity index (χ0n) is 13.6. The summed E-state index contributed by atoms with van der Waals surface area (Å²) in [7, 11) is 0. The number of carbonyl (C=O) groups excluding carboxylic acids is 1. The second-order valence-corrected chi connectivity index (χ2v) is 6.96. The third-order valence-electron chi connectivity index (χ3n) is 4.09. The number of ether oxygens (including phenoxy) is 1. The van der Waals surface area contributed by atoms with E-state index in [0.29, 0.717) is 13.2 Å². The van der Waals surface area contributed by atoms with E-state index in [0.717, 1.165) is 21.2 Å². The Labute approximate surface area is 151 Å². The molecule has 24 heavy (non-hydrogen) atoms. The molecule has 2 aromatic rings. The smallest absolute Gasteiger partial charge is 0.255 e. The number of halogens is 1. The highest BCUT2D eigenvalue weighted by Gasteiger charge is 2.49. The summed E-state index contributed by atoms with van der Waals surface area (Å²) >= 11 is 3.59. The summed E-state index contributed by atoms with van der Waals surface area (Å²) in [4.78, 5) is 14.4. The van der Waals surface area contributed by atoms with Gasteiger partial charge in [-0.25, -0.2) is 0 Å². The molecular formula is C20H20BrNO2. The molecule has 0 aliphatic carbocycles. The number of β-lactam (4-membered cyclic amide) rings is 1. The van der Waals surface area contributed by atoms with Gasteiger partial charge in [-0.3, -0.25) is 4.79 Å². The van der Waals surface area contributed by atoms with Crippen molar-refractivity contribution in [1.82, 2.24) is 4.90 Å². The highest BCUT2D eigenvalue weighted by Crippen LogP contribution is 2.40. The number of hydrogen-bond acceptors (Lipinski definition) is 2. The van der Waals surface area contributed by atoms with Crippen LogP contribution in [0.5, 0.6) is 0 Å². The lowest BCUT2D eigenvalue weighted by Crippen LogP contribution is -2.60. The minimum absolute atomic E-state index is 0.0229. The molecule has 1 fully saturated rings. The molecule has 2 atom stereocenters. The van der Waals surface area contributed by atoms with Crippen LogP contribution < -0.4 is 0 Å². The lowest BCUT2D eigenvalue weighted by molar-refractivity contribution is -0.175. The predicted molar refractivity (Wildman–Crippen MR) is 98.4 cm³/mol. The van der Waals surface area contributed by atoms with Crippen molar-refractivity contribution in [3.05, 3.63) is 82.3 Å². The Balaban J connectivity index is 1.80. The fraction of sp³-hybridized carbons (Fsp3) is 0.250. The predicted octanol–water partition coefficient (Wildman–Crippen LogP) is 4.49. The maximum Gasteiger partial charge on any atom is 0.255 e. The zero-order chi connectivity index (χ0) is 17.1.